The summed E-state index contributed by atoms with van der Waals surface area (Å²) in [6.07, 6.45) is 0. The van der Waals surface area contributed by atoms with E-state index in [9.17, 15) is 14.9 Å². The molecule has 0 radical (unpaired) electrons. The lowest BCUT2D eigenvalue weighted by Gasteiger charge is -2.04. The number of anilines is 1. The highest BCUT2D eigenvalue weighted by atomic mass is 32.1. The molecule has 0 unspecified atom stereocenters. The lowest BCUT2D eigenvalue weighted by Crippen LogP contribution is -2.20. The van der Waals surface area contributed by atoms with Crippen LogP contribution in [0.5, 0.6) is 5.75 Å². The van der Waals surface area contributed by atoms with Crippen LogP contribution >= 0.6 is 11.3 Å². The van der Waals surface area contributed by atoms with Crippen molar-refractivity contribution >= 4 is 28.1 Å². The molecule has 0 aliphatic rings. The molecule has 0 bridgehead atoms. The number of carbonyl (C=O) groups is 1. The van der Waals surface area contributed by atoms with E-state index in [0.29, 0.717) is 10.9 Å². The molecule has 0 saturated carbocycles. The largest absolute Gasteiger partial charge is 0.484 e. The summed E-state index contributed by atoms with van der Waals surface area (Å²) >= 11 is 1.19. The summed E-state index contributed by atoms with van der Waals surface area (Å²) in [5, 5.41) is 20.5. The van der Waals surface area contributed by atoms with Gasteiger partial charge in [0.1, 0.15) is 11.3 Å². The SMILES string of the molecule is O=C(COc1ccc([N+](=O)[O-])cc1)Nc1nncs1. The zero-order valence-corrected chi connectivity index (χ0v) is 10.3. The van der Waals surface area contributed by atoms with E-state index in [-0.39, 0.29) is 18.2 Å². The predicted octanol–water partition coefficient (Wildman–Crippen LogP) is 1.46. The number of non-ortho nitro benzene ring substituents is 1. The van der Waals surface area contributed by atoms with Crippen LogP contribution < -0.4 is 10.1 Å². The number of rotatable bonds is 5. The Hall–Kier alpha value is -2.55. The van der Waals surface area contributed by atoms with Gasteiger partial charge in [-0.05, 0) is 12.1 Å². The Bertz CT molecular complexity index is 570. The topological polar surface area (TPSA) is 107 Å². The number of aromatic nitrogens is 2. The number of carbonyl (C=O) groups excluding carboxylic acids is 1. The number of nitro groups is 1. The number of hydrogen-bond donors (Lipinski definition) is 1. The van der Waals surface area contributed by atoms with E-state index >= 15 is 0 Å². The molecule has 1 aromatic heterocycles. The Morgan fingerprint density at radius 2 is 2.16 bits per heavy atom. The van der Waals surface area contributed by atoms with Crippen molar-refractivity contribution in [2.45, 2.75) is 0 Å². The van der Waals surface area contributed by atoms with Crippen molar-refractivity contribution < 1.29 is 14.5 Å². The molecule has 98 valence electrons. The fourth-order valence-corrected chi connectivity index (χ4v) is 1.66. The van der Waals surface area contributed by atoms with Gasteiger partial charge in [0.15, 0.2) is 6.61 Å². The van der Waals surface area contributed by atoms with Gasteiger partial charge in [-0.3, -0.25) is 20.2 Å². The van der Waals surface area contributed by atoms with E-state index in [2.05, 4.69) is 15.5 Å². The van der Waals surface area contributed by atoms with Gasteiger partial charge in [0.2, 0.25) is 5.13 Å². The molecule has 0 atom stereocenters. The number of hydrogen-bond acceptors (Lipinski definition) is 7. The van der Waals surface area contributed by atoms with E-state index in [4.69, 9.17) is 4.74 Å². The maximum Gasteiger partial charge on any atom is 0.269 e. The summed E-state index contributed by atoms with van der Waals surface area (Å²) in [4.78, 5) is 21.4. The lowest BCUT2D eigenvalue weighted by molar-refractivity contribution is -0.384. The van der Waals surface area contributed by atoms with Crippen LogP contribution in [0.15, 0.2) is 29.8 Å². The monoisotopic (exact) mass is 280 g/mol. The molecule has 1 aromatic carbocycles. The lowest BCUT2D eigenvalue weighted by atomic mass is 10.3. The number of nitrogens with zero attached hydrogens (tertiary/aromatic N) is 3. The summed E-state index contributed by atoms with van der Waals surface area (Å²) in [5.41, 5.74) is 1.46. The van der Waals surface area contributed by atoms with Gasteiger partial charge in [0.25, 0.3) is 11.6 Å². The molecule has 2 rings (SSSR count). The Morgan fingerprint density at radius 3 is 2.74 bits per heavy atom. The van der Waals surface area contributed by atoms with Gasteiger partial charge in [-0.25, -0.2) is 0 Å². The fourth-order valence-electron chi connectivity index (χ4n) is 1.20. The summed E-state index contributed by atoms with van der Waals surface area (Å²) in [6, 6.07) is 5.46. The molecule has 8 nitrogen and oxygen atoms in total. The van der Waals surface area contributed by atoms with Crippen molar-refractivity contribution in [3.8, 4) is 5.75 Å². The van der Waals surface area contributed by atoms with Crippen molar-refractivity contribution in [2.75, 3.05) is 11.9 Å². The summed E-state index contributed by atoms with van der Waals surface area (Å²) in [5.74, 6) is -0.00637. The maximum absolute atomic E-state index is 11.5. The molecule has 0 saturated heterocycles. The smallest absolute Gasteiger partial charge is 0.269 e. The van der Waals surface area contributed by atoms with Crippen molar-refractivity contribution in [3.05, 3.63) is 39.9 Å². The number of nitro benzene ring substituents is 1. The average Bonchev–Trinajstić information content (AvgIpc) is 2.89. The quantitative estimate of drug-likeness (QED) is 0.656. The standard InChI is InChI=1S/C10H8N4O4S/c15-9(12-10-13-11-6-19-10)5-18-8-3-1-7(2-4-8)14(16)17/h1-4,6H,5H2,(H,12,13,15). The second-order valence-electron chi connectivity index (χ2n) is 3.33. The summed E-state index contributed by atoms with van der Waals surface area (Å²) in [6.45, 7) is -0.211. The normalized spacial score (nSPS) is 9.89. The second-order valence-corrected chi connectivity index (χ2v) is 4.16. The van der Waals surface area contributed by atoms with E-state index in [1.54, 1.807) is 0 Å². The molecule has 1 amide bonds. The maximum atomic E-state index is 11.5. The van der Waals surface area contributed by atoms with Gasteiger partial charge < -0.3 is 4.74 Å². The highest BCUT2D eigenvalue weighted by molar-refractivity contribution is 7.13. The Labute approximate surface area is 111 Å². The van der Waals surface area contributed by atoms with Crippen LogP contribution in [0.4, 0.5) is 10.8 Å². The zero-order chi connectivity index (χ0) is 13.7. The van der Waals surface area contributed by atoms with Crippen molar-refractivity contribution in [2.24, 2.45) is 0 Å². The Morgan fingerprint density at radius 1 is 1.42 bits per heavy atom. The van der Waals surface area contributed by atoms with E-state index < -0.39 is 4.92 Å². The molecule has 0 fully saturated rings. The third-order valence-corrected chi connectivity index (χ3v) is 2.63. The molecular weight excluding hydrogens is 272 g/mol. The highest BCUT2D eigenvalue weighted by Crippen LogP contribution is 2.17. The number of benzene rings is 1. The van der Waals surface area contributed by atoms with Gasteiger partial charge in [-0.2, -0.15) is 0 Å². The molecule has 2 aromatic rings. The van der Waals surface area contributed by atoms with Crippen molar-refractivity contribution in [3.63, 3.8) is 0 Å². The minimum absolute atomic E-state index is 0.0364. The summed E-state index contributed by atoms with van der Waals surface area (Å²) in [7, 11) is 0. The molecule has 1 heterocycles. The van der Waals surface area contributed by atoms with Gasteiger partial charge in [0.05, 0.1) is 4.92 Å². The predicted molar refractivity (Wildman–Crippen MR) is 67.1 cm³/mol. The van der Waals surface area contributed by atoms with Crippen LogP contribution in [0.1, 0.15) is 0 Å². The van der Waals surface area contributed by atoms with E-state index in [1.807, 2.05) is 0 Å². The first-order valence-corrected chi connectivity index (χ1v) is 5.96. The van der Waals surface area contributed by atoms with Crippen molar-refractivity contribution in [1.29, 1.82) is 0 Å². The van der Waals surface area contributed by atoms with Crippen molar-refractivity contribution in [1.82, 2.24) is 10.2 Å². The van der Waals surface area contributed by atoms with Gasteiger partial charge in [0, 0.05) is 12.1 Å². The first kappa shape index (κ1) is 12.9. The molecule has 0 spiro atoms. The van der Waals surface area contributed by atoms with Crippen LogP contribution in [0, 0.1) is 10.1 Å². The Balaban J connectivity index is 1.84. The van der Waals surface area contributed by atoms with Crippen LogP contribution in [-0.2, 0) is 4.79 Å². The average molecular weight is 280 g/mol. The van der Waals surface area contributed by atoms with Gasteiger partial charge >= 0.3 is 0 Å². The van der Waals surface area contributed by atoms with Crippen LogP contribution in [0.3, 0.4) is 0 Å². The minimum Gasteiger partial charge on any atom is -0.484 e. The third-order valence-electron chi connectivity index (χ3n) is 2.02. The first-order valence-electron chi connectivity index (χ1n) is 5.08. The molecule has 0 aliphatic carbocycles. The van der Waals surface area contributed by atoms with Gasteiger partial charge in [-0.1, -0.05) is 11.3 Å². The summed E-state index contributed by atoms with van der Waals surface area (Å²) < 4.78 is 5.17. The third kappa shape index (κ3) is 3.71. The number of nitrogens with one attached hydrogen (secondary N) is 1. The Kier molecular flexibility index (Phi) is 3.98. The fraction of sp³-hybridized carbons (Fsp3) is 0.100. The molecule has 9 heteroatoms. The molecule has 1 N–H and O–H groups in total. The van der Waals surface area contributed by atoms with E-state index in [0.717, 1.165) is 0 Å². The number of ether oxygens (including phenoxy) is 1. The van der Waals surface area contributed by atoms with E-state index in [1.165, 1.54) is 41.1 Å². The molecule has 19 heavy (non-hydrogen) atoms. The van der Waals surface area contributed by atoms with Crippen LogP contribution in [0.25, 0.3) is 0 Å². The van der Waals surface area contributed by atoms with Crippen LogP contribution in [0.2, 0.25) is 0 Å². The highest BCUT2D eigenvalue weighted by Gasteiger charge is 2.07. The number of amides is 1. The van der Waals surface area contributed by atoms with Gasteiger partial charge in [-0.15, -0.1) is 10.2 Å². The second kappa shape index (κ2) is 5.87. The first-order chi connectivity index (χ1) is 9.15. The molecular formula is C10H8N4O4S. The minimum atomic E-state index is -0.508. The zero-order valence-electron chi connectivity index (χ0n) is 9.48. The van der Waals surface area contributed by atoms with Crippen LogP contribution in [-0.4, -0.2) is 27.6 Å². The molecule has 0 aliphatic heterocycles.